The van der Waals surface area contributed by atoms with E-state index in [1.807, 2.05) is 16.1 Å². The zero-order chi connectivity index (χ0) is 12.3. The van der Waals surface area contributed by atoms with E-state index in [0.29, 0.717) is 16.5 Å². The van der Waals surface area contributed by atoms with Gasteiger partial charge in [0.15, 0.2) is 5.82 Å². The van der Waals surface area contributed by atoms with Crippen molar-refractivity contribution in [3.8, 4) is 5.75 Å². The maximum absolute atomic E-state index is 12.2. The van der Waals surface area contributed by atoms with Crippen molar-refractivity contribution in [3.05, 3.63) is 34.5 Å². The van der Waals surface area contributed by atoms with Crippen LogP contribution in [0.3, 0.4) is 0 Å². The van der Waals surface area contributed by atoms with Gasteiger partial charge in [-0.3, -0.25) is 4.79 Å². The minimum absolute atomic E-state index is 0.0447. The third-order valence-electron chi connectivity index (χ3n) is 2.42. The zero-order valence-corrected chi connectivity index (χ0v) is 10.7. The van der Waals surface area contributed by atoms with E-state index in [1.165, 1.54) is 11.3 Å². The van der Waals surface area contributed by atoms with Gasteiger partial charge in [-0.2, -0.15) is 0 Å². The first-order valence-corrected chi connectivity index (χ1v) is 6.32. The number of imidazole rings is 1. The predicted molar refractivity (Wildman–Crippen MR) is 66.8 cm³/mol. The molecule has 0 bridgehead atoms. The lowest BCUT2D eigenvalue weighted by molar-refractivity contribution is 0.102. The first-order valence-electron chi connectivity index (χ1n) is 5.44. The van der Waals surface area contributed by atoms with E-state index >= 15 is 0 Å². The number of rotatable bonds is 5. The lowest BCUT2D eigenvalue weighted by atomic mass is 10.3. The van der Waals surface area contributed by atoms with E-state index in [-0.39, 0.29) is 5.78 Å². The molecule has 4 nitrogen and oxygen atoms in total. The molecule has 17 heavy (non-hydrogen) atoms. The molecule has 0 saturated carbocycles. The molecule has 0 aliphatic rings. The molecule has 0 aromatic carbocycles. The van der Waals surface area contributed by atoms with Crippen LogP contribution >= 0.6 is 11.3 Å². The minimum Gasteiger partial charge on any atom is -0.496 e. The van der Waals surface area contributed by atoms with E-state index in [0.717, 1.165) is 13.0 Å². The molecule has 0 saturated heterocycles. The second-order valence-corrected chi connectivity index (χ2v) is 4.54. The topological polar surface area (TPSA) is 44.1 Å². The molecule has 0 fully saturated rings. The van der Waals surface area contributed by atoms with Crippen LogP contribution in [0.15, 0.2) is 23.8 Å². The first-order chi connectivity index (χ1) is 8.26. The number of ether oxygens (including phenoxy) is 1. The van der Waals surface area contributed by atoms with Gasteiger partial charge in [-0.15, -0.1) is 11.3 Å². The van der Waals surface area contributed by atoms with Crippen molar-refractivity contribution in [1.29, 1.82) is 0 Å². The second-order valence-electron chi connectivity index (χ2n) is 3.62. The average molecular weight is 250 g/mol. The number of carbonyl (C=O) groups is 1. The fraction of sp³-hybridized carbons (Fsp3) is 0.333. The van der Waals surface area contributed by atoms with Gasteiger partial charge in [0, 0.05) is 30.4 Å². The van der Waals surface area contributed by atoms with E-state index in [4.69, 9.17) is 4.74 Å². The molecule has 0 radical (unpaired) electrons. The Balaban J connectivity index is 2.27. The normalized spacial score (nSPS) is 10.5. The molecule has 5 heteroatoms. The number of nitrogens with zero attached hydrogens (tertiary/aromatic N) is 2. The molecule has 0 unspecified atom stereocenters. The van der Waals surface area contributed by atoms with Gasteiger partial charge in [-0.1, -0.05) is 6.92 Å². The summed E-state index contributed by atoms with van der Waals surface area (Å²) in [5.74, 6) is 1.17. The Kier molecular flexibility index (Phi) is 3.58. The maximum Gasteiger partial charge on any atom is 0.238 e. The van der Waals surface area contributed by atoms with Gasteiger partial charge >= 0.3 is 0 Å². The Morgan fingerprint density at radius 1 is 1.59 bits per heavy atom. The number of hydrogen-bond acceptors (Lipinski definition) is 4. The lowest BCUT2D eigenvalue weighted by Crippen LogP contribution is -2.10. The minimum atomic E-state index is -0.0447. The van der Waals surface area contributed by atoms with E-state index < -0.39 is 0 Å². The summed E-state index contributed by atoms with van der Waals surface area (Å²) in [4.78, 5) is 17.0. The van der Waals surface area contributed by atoms with Gasteiger partial charge in [0.25, 0.3) is 0 Å². The zero-order valence-electron chi connectivity index (χ0n) is 9.84. The van der Waals surface area contributed by atoms with Gasteiger partial charge in [0.2, 0.25) is 5.78 Å². The summed E-state index contributed by atoms with van der Waals surface area (Å²) in [6.45, 7) is 2.88. The van der Waals surface area contributed by atoms with Gasteiger partial charge in [-0.25, -0.2) is 4.98 Å². The van der Waals surface area contributed by atoms with Gasteiger partial charge in [0.05, 0.1) is 12.0 Å². The van der Waals surface area contributed by atoms with Crippen LogP contribution in [0.1, 0.15) is 28.8 Å². The molecular weight excluding hydrogens is 236 g/mol. The third-order valence-corrected chi connectivity index (χ3v) is 3.33. The molecule has 0 amide bonds. The van der Waals surface area contributed by atoms with E-state index in [2.05, 4.69) is 11.9 Å². The second kappa shape index (κ2) is 5.14. The fourth-order valence-electron chi connectivity index (χ4n) is 1.59. The average Bonchev–Trinajstić information content (AvgIpc) is 2.97. The van der Waals surface area contributed by atoms with Crippen molar-refractivity contribution in [2.75, 3.05) is 7.11 Å². The number of carbonyl (C=O) groups excluding carboxylic acids is 1. The van der Waals surface area contributed by atoms with Crippen LogP contribution in [0.4, 0.5) is 0 Å². The number of ketones is 1. The summed E-state index contributed by atoms with van der Waals surface area (Å²) in [5.41, 5.74) is 0. The highest BCUT2D eigenvalue weighted by Crippen LogP contribution is 2.23. The molecule has 2 aromatic heterocycles. The number of aromatic nitrogens is 2. The maximum atomic E-state index is 12.2. The van der Waals surface area contributed by atoms with Crippen LogP contribution in [0.25, 0.3) is 0 Å². The van der Waals surface area contributed by atoms with Crippen LogP contribution in [-0.2, 0) is 6.54 Å². The number of thiophene rings is 1. The number of aryl methyl sites for hydroxylation is 1. The van der Waals surface area contributed by atoms with E-state index in [1.54, 1.807) is 19.4 Å². The standard InChI is InChI=1S/C12H14N2O2S/c1-3-5-14-6-4-13-12(14)11(15)10-7-9(16-2)8-17-10/h4,6-8H,3,5H2,1-2H3. The Bertz CT molecular complexity index is 516. The molecule has 0 aliphatic carbocycles. The van der Waals surface area contributed by atoms with Gasteiger partial charge in [-0.05, 0) is 6.42 Å². The summed E-state index contributed by atoms with van der Waals surface area (Å²) < 4.78 is 6.95. The van der Waals surface area contributed by atoms with Crippen molar-refractivity contribution < 1.29 is 9.53 Å². The molecule has 90 valence electrons. The molecule has 0 aliphatic heterocycles. The number of methoxy groups -OCH3 is 1. The molecule has 2 heterocycles. The van der Waals surface area contributed by atoms with Crippen LogP contribution in [0.2, 0.25) is 0 Å². The summed E-state index contributed by atoms with van der Waals surface area (Å²) in [5, 5.41) is 1.82. The van der Waals surface area contributed by atoms with Crippen LogP contribution in [0.5, 0.6) is 5.75 Å². The van der Waals surface area contributed by atoms with E-state index in [9.17, 15) is 4.79 Å². The SMILES string of the molecule is CCCn1ccnc1C(=O)c1cc(OC)cs1. The Hall–Kier alpha value is -1.62. The first kappa shape index (κ1) is 11.9. The van der Waals surface area contributed by atoms with Gasteiger partial charge < -0.3 is 9.30 Å². The van der Waals surface area contributed by atoms with Crippen LogP contribution < -0.4 is 4.74 Å². The van der Waals surface area contributed by atoms with Gasteiger partial charge in [0.1, 0.15) is 5.75 Å². The molecule has 2 rings (SSSR count). The Labute approximate surface area is 104 Å². The van der Waals surface area contributed by atoms with Crippen molar-refractivity contribution in [3.63, 3.8) is 0 Å². The number of hydrogen-bond donors (Lipinski definition) is 0. The summed E-state index contributed by atoms with van der Waals surface area (Å²) >= 11 is 1.38. The predicted octanol–water partition coefficient (Wildman–Crippen LogP) is 2.59. The largest absolute Gasteiger partial charge is 0.496 e. The highest BCUT2D eigenvalue weighted by molar-refractivity contribution is 7.12. The molecule has 2 aromatic rings. The smallest absolute Gasteiger partial charge is 0.238 e. The Morgan fingerprint density at radius 2 is 2.41 bits per heavy atom. The third kappa shape index (κ3) is 2.39. The summed E-state index contributed by atoms with van der Waals surface area (Å²) in [6.07, 6.45) is 4.47. The van der Waals surface area contributed by atoms with Crippen LogP contribution in [0, 0.1) is 0 Å². The fourth-order valence-corrected chi connectivity index (χ4v) is 2.38. The Morgan fingerprint density at radius 3 is 3.06 bits per heavy atom. The van der Waals surface area contributed by atoms with Crippen molar-refractivity contribution >= 4 is 17.1 Å². The molecular formula is C12H14N2O2S. The molecule has 0 spiro atoms. The van der Waals surface area contributed by atoms with Crippen molar-refractivity contribution in [1.82, 2.24) is 9.55 Å². The molecule has 0 atom stereocenters. The lowest BCUT2D eigenvalue weighted by Gasteiger charge is -2.03. The highest BCUT2D eigenvalue weighted by atomic mass is 32.1. The highest BCUT2D eigenvalue weighted by Gasteiger charge is 2.17. The quantitative estimate of drug-likeness (QED) is 0.766. The van der Waals surface area contributed by atoms with Crippen molar-refractivity contribution in [2.24, 2.45) is 0 Å². The molecule has 0 N–H and O–H groups in total. The van der Waals surface area contributed by atoms with Crippen molar-refractivity contribution in [2.45, 2.75) is 19.9 Å². The summed E-state index contributed by atoms with van der Waals surface area (Å²) in [6, 6.07) is 1.75. The summed E-state index contributed by atoms with van der Waals surface area (Å²) in [7, 11) is 1.59. The van der Waals surface area contributed by atoms with Crippen LogP contribution in [-0.4, -0.2) is 22.4 Å². The monoisotopic (exact) mass is 250 g/mol.